The van der Waals surface area contributed by atoms with Crippen molar-refractivity contribution < 1.29 is 0 Å². The van der Waals surface area contributed by atoms with Gasteiger partial charge in [0.25, 0.3) is 0 Å². The number of fused-ring (bicyclic) bond motifs is 2. The van der Waals surface area contributed by atoms with E-state index in [0.29, 0.717) is 17.2 Å². The zero-order chi connectivity index (χ0) is 26.8. The third-order valence-electron chi connectivity index (χ3n) is 8.00. The van der Waals surface area contributed by atoms with Crippen molar-refractivity contribution >= 4 is 71.4 Å². The van der Waals surface area contributed by atoms with Crippen LogP contribution in [0.4, 0.5) is 17.1 Å². The number of pyridine rings is 4. The second-order valence-electron chi connectivity index (χ2n) is 10.6. The molecule has 0 aliphatic carbocycles. The van der Waals surface area contributed by atoms with Gasteiger partial charge in [-0.05, 0) is 80.9 Å². The molecule has 4 aromatic heterocycles. The summed E-state index contributed by atoms with van der Waals surface area (Å²) >= 11 is 0. The molecule has 190 valence electrons. The number of rotatable bonds is 4. The molecule has 0 amide bonds. The minimum atomic E-state index is 0.437. The van der Waals surface area contributed by atoms with Crippen molar-refractivity contribution in [2.24, 2.45) is 0 Å². The molecule has 0 saturated heterocycles. The lowest BCUT2D eigenvalue weighted by Gasteiger charge is -2.29. The van der Waals surface area contributed by atoms with Gasteiger partial charge in [0.05, 0.1) is 17.1 Å². The Balaban J connectivity index is 1.52. The van der Waals surface area contributed by atoms with E-state index in [1.807, 2.05) is 24.5 Å². The van der Waals surface area contributed by atoms with Crippen LogP contribution in [0.2, 0.25) is 0 Å². The number of hydrogen-bond acceptors (Lipinski definition) is 5. The zero-order valence-electron chi connectivity index (χ0n) is 22.2. The highest BCUT2D eigenvalue weighted by molar-refractivity contribution is 6.26. The lowest BCUT2D eigenvalue weighted by Crippen LogP contribution is -2.12. The third-order valence-corrected chi connectivity index (χ3v) is 8.00. The van der Waals surface area contributed by atoms with Crippen molar-refractivity contribution in [3.05, 3.63) is 115 Å². The van der Waals surface area contributed by atoms with Gasteiger partial charge in [-0.25, -0.2) is 19.9 Å². The molecule has 4 heterocycles. The molecular formula is C35H25N5. The maximum atomic E-state index is 4.57. The lowest BCUT2D eigenvalue weighted by atomic mass is 9.88. The second kappa shape index (κ2) is 8.68. The summed E-state index contributed by atoms with van der Waals surface area (Å²) in [6.07, 6.45) is 7.25. The van der Waals surface area contributed by atoms with Crippen LogP contribution < -0.4 is 4.90 Å². The van der Waals surface area contributed by atoms with Gasteiger partial charge in [-0.15, -0.1) is 0 Å². The molecule has 0 aliphatic heterocycles. The molecule has 0 atom stereocenters. The predicted octanol–water partition coefficient (Wildman–Crippen LogP) is 9.06. The van der Waals surface area contributed by atoms with Gasteiger partial charge in [-0.3, -0.25) is 0 Å². The van der Waals surface area contributed by atoms with E-state index in [4.69, 9.17) is 0 Å². The van der Waals surface area contributed by atoms with Gasteiger partial charge >= 0.3 is 0 Å². The Morgan fingerprint density at radius 2 is 0.975 bits per heavy atom. The first-order valence-electron chi connectivity index (χ1n) is 13.6. The summed E-state index contributed by atoms with van der Waals surface area (Å²) in [5.41, 5.74) is 5.90. The molecule has 0 unspecified atom stereocenters. The third kappa shape index (κ3) is 3.27. The maximum Gasteiger partial charge on any atom is 0.161 e. The minimum Gasteiger partial charge on any atom is -0.308 e. The van der Waals surface area contributed by atoms with Crippen LogP contribution in [0.5, 0.6) is 0 Å². The summed E-state index contributed by atoms with van der Waals surface area (Å²) < 4.78 is 0. The Labute approximate surface area is 231 Å². The van der Waals surface area contributed by atoms with Crippen molar-refractivity contribution in [3.63, 3.8) is 0 Å². The van der Waals surface area contributed by atoms with E-state index in [1.165, 1.54) is 37.9 Å². The maximum absolute atomic E-state index is 4.57. The average Bonchev–Trinajstić information content (AvgIpc) is 3.00. The molecule has 4 aromatic carbocycles. The summed E-state index contributed by atoms with van der Waals surface area (Å²) in [5, 5.41) is 9.58. The number of anilines is 3. The SMILES string of the molecule is CC(C)c1ccc2ccc3c(N(c4ccnc5ncccc45)c4ccnc5ncccc45)ccc4ccc1c2c43. The van der Waals surface area contributed by atoms with Crippen LogP contribution >= 0.6 is 0 Å². The van der Waals surface area contributed by atoms with Crippen molar-refractivity contribution in [2.75, 3.05) is 4.90 Å². The van der Waals surface area contributed by atoms with Crippen molar-refractivity contribution in [1.82, 2.24) is 19.9 Å². The number of aromatic nitrogens is 4. The molecule has 40 heavy (non-hydrogen) atoms. The molecule has 0 radical (unpaired) electrons. The van der Waals surface area contributed by atoms with Gasteiger partial charge in [0.2, 0.25) is 0 Å². The Kier molecular flexibility index (Phi) is 4.95. The molecule has 0 bridgehead atoms. The number of nitrogens with zero attached hydrogens (tertiary/aromatic N) is 5. The molecule has 0 spiro atoms. The molecule has 0 saturated carbocycles. The molecule has 8 aromatic rings. The van der Waals surface area contributed by atoms with Gasteiger partial charge in [-0.2, -0.15) is 0 Å². The molecule has 0 N–H and O–H groups in total. The largest absolute Gasteiger partial charge is 0.308 e. The Hall–Kier alpha value is -5.16. The monoisotopic (exact) mass is 515 g/mol. The van der Waals surface area contributed by atoms with Crippen LogP contribution in [0.3, 0.4) is 0 Å². The van der Waals surface area contributed by atoms with Gasteiger partial charge < -0.3 is 4.90 Å². The highest BCUT2D eigenvalue weighted by atomic mass is 15.2. The second-order valence-corrected chi connectivity index (χ2v) is 10.6. The van der Waals surface area contributed by atoms with Crippen molar-refractivity contribution in [3.8, 4) is 0 Å². The quantitative estimate of drug-likeness (QED) is 0.219. The minimum absolute atomic E-state index is 0.437. The fraction of sp³-hybridized carbons (Fsp3) is 0.0857. The summed E-state index contributed by atoms with van der Waals surface area (Å²) in [7, 11) is 0. The van der Waals surface area contributed by atoms with Crippen LogP contribution in [0.1, 0.15) is 25.3 Å². The van der Waals surface area contributed by atoms with E-state index in [1.54, 1.807) is 12.4 Å². The Bertz CT molecular complexity index is 2130. The fourth-order valence-corrected chi connectivity index (χ4v) is 6.22. The first kappa shape index (κ1) is 22.8. The molecule has 0 fully saturated rings. The molecule has 5 nitrogen and oxygen atoms in total. The highest BCUT2D eigenvalue weighted by Gasteiger charge is 2.22. The summed E-state index contributed by atoms with van der Waals surface area (Å²) in [6, 6.07) is 30.4. The van der Waals surface area contributed by atoms with Gasteiger partial charge in [0.15, 0.2) is 11.3 Å². The predicted molar refractivity (Wildman–Crippen MR) is 165 cm³/mol. The van der Waals surface area contributed by atoms with E-state index in [9.17, 15) is 0 Å². The van der Waals surface area contributed by atoms with E-state index < -0.39 is 0 Å². The van der Waals surface area contributed by atoms with E-state index in [2.05, 4.69) is 111 Å². The zero-order valence-corrected chi connectivity index (χ0v) is 22.2. The van der Waals surface area contributed by atoms with Crippen LogP contribution in [-0.2, 0) is 0 Å². The number of hydrogen-bond donors (Lipinski definition) is 0. The Morgan fingerprint density at radius 1 is 0.475 bits per heavy atom. The van der Waals surface area contributed by atoms with E-state index >= 15 is 0 Å². The molecule has 5 heteroatoms. The smallest absolute Gasteiger partial charge is 0.161 e. The average molecular weight is 516 g/mol. The van der Waals surface area contributed by atoms with Crippen molar-refractivity contribution in [2.45, 2.75) is 19.8 Å². The van der Waals surface area contributed by atoms with E-state index in [0.717, 1.165) is 27.8 Å². The van der Waals surface area contributed by atoms with Crippen LogP contribution in [0.15, 0.2) is 110 Å². The van der Waals surface area contributed by atoms with E-state index in [-0.39, 0.29) is 0 Å². The molecule has 0 aliphatic rings. The van der Waals surface area contributed by atoms with Gasteiger partial charge in [0.1, 0.15) is 0 Å². The first-order valence-corrected chi connectivity index (χ1v) is 13.6. The fourth-order valence-electron chi connectivity index (χ4n) is 6.22. The summed E-state index contributed by atoms with van der Waals surface area (Å²) in [6.45, 7) is 4.54. The van der Waals surface area contributed by atoms with Gasteiger partial charge in [0, 0.05) is 40.9 Å². The lowest BCUT2D eigenvalue weighted by molar-refractivity contribution is 0.877. The summed E-state index contributed by atoms with van der Waals surface area (Å²) in [5.74, 6) is 0.437. The van der Waals surface area contributed by atoms with Gasteiger partial charge in [-0.1, -0.05) is 56.3 Å². The van der Waals surface area contributed by atoms with Crippen LogP contribution in [0.25, 0.3) is 54.4 Å². The number of benzene rings is 4. The first-order chi connectivity index (χ1) is 19.7. The topological polar surface area (TPSA) is 54.8 Å². The summed E-state index contributed by atoms with van der Waals surface area (Å²) in [4.78, 5) is 20.6. The molecule has 8 rings (SSSR count). The van der Waals surface area contributed by atoms with Crippen LogP contribution in [0, 0.1) is 0 Å². The standard InChI is InChI=1S/C35H25N5/c1-21(2)24-11-7-22-9-13-26-29(14-10-23-8-12-25(24)32(22)33(23)26)40(30-15-19-38-34-27(30)5-3-17-36-34)31-16-20-39-35-28(31)6-4-18-37-35/h3-21H,1-2H3. The normalized spacial score (nSPS) is 12.0. The highest BCUT2D eigenvalue weighted by Crippen LogP contribution is 2.47. The molecular weight excluding hydrogens is 490 g/mol. The van der Waals surface area contributed by atoms with Crippen LogP contribution in [-0.4, -0.2) is 19.9 Å². The van der Waals surface area contributed by atoms with Crippen molar-refractivity contribution in [1.29, 1.82) is 0 Å². The Morgan fingerprint density at radius 3 is 1.60 bits per heavy atom.